The fraction of sp³-hybridized carbons (Fsp3) is 0.111. The van der Waals surface area contributed by atoms with Gasteiger partial charge in [-0.2, -0.15) is 0 Å². The first-order chi connectivity index (χ1) is 11.1. The number of furan rings is 1. The summed E-state index contributed by atoms with van der Waals surface area (Å²) in [6.45, 7) is 1.92. The van der Waals surface area contributed by atoms with Gasteiger partial charge in [-0.25, -0.2) is 4.79 Å². The number of ether oxygens (including phenoxy) is 1. The number of hydrogen-bond donors (Lipinski definition) is 0. The van der Waals surface area contributed by atoms with E-state index in [1.165, 1.54) is 24.0 Å². The maximum Gasteiger partial charge on any atom is 0.343 e. The Labute approximate surface area is 132 Å². The van der Waals surface area contributed by atoms with E-state index in [0.29, 0.717) is 5.76 Å². The number of esters is 1. The molecule has 2 aromatic heterocycles. The average Bonchev–Trinajstić information content (AvgIpc) is 3.20. The van der Waals surface area contributed by atoms with Gasteiger partial charge < -0.3 is 9.15 Å². The van der Waals surface area contributed by atoms with Gasteiger partial charge in [0.05, 0.1) is 18.9 Å². The number of carbonyl (C=O) groups excluding carboxylic acids is 2. The number of methoxy groups -OCH3 is 1. The van der Waals surface area contributed by atoms with Crippen LogP contribution in [-0.2, 0) is 9.53 Å². The van der Waals surface area contributed by atoms with Crippen molar-refractivity contribution in [2.75, 3.05) is 7.11 Å². The second-order valence-electron chi connectivity index (χ2n) is 5.07. The highest BCUT2D eigenvalue weighted by Gasteiger charge is 2.23. The number of fused-ring (bicyclic) bond motifs is 1. The Balaban J connectivity index is 2.12. The molecule has 0 spiro atoms. The van der Waals surface area contributed by atoms with E-state index < -0.39 is 11.9 Å². The van der Waals surface area contributed by atoms with Gasteiger partial charge in [-0.3, -0.25) is 9.36 Å². The summed E-state index contributed by atoms with van der Waals surface area (Å²) in [7, 11) is 1.24. The second kappa shape index (κ2) is 5.96. The molecule has 0 aliphatic rings. The molecule has 3 aromatic rings. The van der Waals surface area contributed by atoms with Gasteiger partial charge in [0.2, 0.25) is 0 Å². The van der Waals surface area contributed by atoms with Crippen LogP contribution in [-0.4, -0.2) is 23.6 Å². The van der Waals surface area contributed by atoms with E-state index in [2.05, 4.69) is 0 Å². The topological polar surface area (TPSA) is 61.4 Å². The molecule has 3 rings (SSSR count). The van der Waals surface area contributed by atoms with Crippen molar-refractivity contribution >= 4 is 28.9 Å². The summed E-state index contributed by atoms with van der Waals surface area (Å²) < 4.78 is 11.4. The fourth-order valence-corrected chi connectivity index (χ4v) is 2.48. The third-order valence-electron chi connectivity index (χ3n) is 3.60. The minimum atomic E-state index is -0.707. The Hall–Kier alpha value is -3.08. The first-order valence-corrected chi connectivity index (χ1v) is 7.06. The first-order valence-electron chi connectivity index (χ1n) is 7.06. The summed E-state index contributed by atoms with van der Waals surface area (Å²) in [5.41, 5.74) is 1.60. The Morgan fingerprint density at radius 2 is 1.96 bits per heavy atom. The normalized spacial score (nSPS) is 11.7. The highest BCUT2D eigenvalue weighted by Crippen LogP contribution is 2.22. The lowest BCUT2D eigenvalue weighted by Crippen LogP contribution is -2.20. The smallest absolute Gasteiger partial charge is 0.343 e. The molecule has 0 unspecified atom stereocenters. The lowest BCUT2D eigenvalue weighted by atomic mass is 10.2. The molecule has 0 radical (unpaired) electrons. The van der Waals surface area contributed by atoms with Gasteiger partial charge in [0, 0.05) is 17.7 Å². The van der Waals surface area contributed by atoms with Crippen molar-refractivity contribution in [3.8, 4) is 0 Å². The minimum Gasteiger partial charge on any atom is -0.465 e. The van der Waals surface area contributed by atoms with Crippen molar-refractivity contribution in [1.82, 2.24) is 4.57 Å². The number of aryl methyl sites for hydroxylation is 1. The van der Waals surface area contributed by atoms with Gasteiger partial charge in [0.25, 0.3) is 5.91 Å². The van der Waals surface area contributed by atoms with E-state index in [1.807, 2.05) is 31.2 Å². The van der Waals surface area contributed by atoms with E-state index in [0.717, 1.165) is 16.5 Å². The van der Waals surface area contributed by atoms with Crippen LogP contribution in [0.1, 0.15) is 16.1 Å². The maximum atomic E-state index is 12.9. The van der Waals surface area contributed by atoms with Crippen LogP contribution in [0.15, 0.2) is 58.8 Å². The Bertz CT molecular complexity index is 900. The number of aromatic nitrogens is 1. The molecule has 0 aliphatic carbocycles. The first kappa shape index (κ1) is 14.8. The highest BCUT2D eigenvalue weighted by atomic mass is 16.5. The van der Waals surface area contributed by atoms with Crippen LogP contribution in [0.5, 0.6) is 0 Å². The van der Waals surface area contributed by atoms with Crippen LogP contribution >= 0.6 is 0 Å². The number of rotatable bonds is 3. The van der Waals surface area contributed by atoms with Crippen LogP contribution in [0.2, 0.25) is 0 Å². The highest BCUT2D eigenvalue weighted by molar-refractivity contribution is 6.22. The molecule has 5 heteroatoms. The summed E-state index contributed by atoms with van der Waals surface area (Å²) in [5, 5.41) is 0.961. The number of hydrogen-bond acceptors (Lipinski definition) is 4. The lowest BCUT2D eigenvalue weighted by Gasteiger charge is -2.06. The SMILES string of the molecule is COC(=O)/C(=C\c1ccco1)C(=O)n1cc(C)c2ccccc21. The van der Waals surface area contributed by atoms with Crippen molar-refractivity contribution in [3.63, 3.8) is 0 Å². The van der Waals surface area contributed by atoms with Gasteiger partial charge in [0.15, 0.2) is 0 Å². The number of para-hydroxylation sites is 1. The molecule has 5 nitrogen and oxygen atoms in total. The van der Waals surface area contributed by atoms with Crippen molar-refractivity contribution < 1.29 is 18.7 Å². The summed E-state index contributed by atoms with van der Waals surface area (Å²) in [6.07, 6.45) is 4.57. The van der Waals surface area contributed by atoms with Crippen LogP contribution in [0.25, 0.3) is 17.0 Å². The molecule has 0 fully saturated rings. The Kier molecular flexibility index (Phi) is 3.85. The molecule has 116 valence electrons. The van der Waals surface area contributed by atoms with E-state index in [4.69, 9.17) is 9.15 Å². The van der Waals surface area contributed by atoms with E-state index in [-0.39, 0.29) is 5.57 Å². The third kappa shape index (κ3) is 2.68. The zero-order valence-electron chi connectivity index (χ0n) is 12.8. The molecule has 0 amide bonds. The lowest BCUT2D eigenvalue weighted by molar-refractivity contribution is -0.135. The molecular formula is C18H15NO4. The summed E-state index contributed by atoms with van der Waals surface area (Å²) in [6, 6.07) is 10.9. The minimum absolute atomic E-state index is 0.0943. The monoisotopic (exact) mass is 309 g/mol. The fourth-order valence-electron chi connectivity index (χ4n) is 2.48. The molecule has 0 N–H and O–H groups in total. The molecular weight excluding hydrogens is 294 g/mol. The van der Waals surface area contributed by atoms with Crippen LogP contribution in [0.4, 0.5) is 0 Å². The van der Waals surface area contributed by atoms with Crippen molar-refractivity contribution in [2.24, 2.45) is 0 Å². The number of benzene rings is 1. The van der Waals surface area contributed by atoms with Crippen LogP contribution < -0.4 is 0 Å². The second-order valence-corrected chi connectivity index (χ2v) is 5.07. The van der Waals surface area contributed by atoms with E-state index >= 15 is 0 Å². The van der Waals surface area contributed by atoms with Gasteiger partial charge in [-0.15, -0.1) is 0 Å². The van der Waals surface area contributed by atoms with Gasteiger partial charge >= 0.3 is 5.97 Å². The Morgan fingerprint density at radius 3 is 2.65 bits per heavy atom. The summed E-state index contributed by atoms with van der Waals surface area (Å²) >= 11 is 0. The average molecular weight is 309 g/mol. The molecule has 2 heterocycles. The largest absolute Gasteiger partial charge is 0.465 e. The van der Waals surface area contributed by atoms with Crippen molar-refractivity contribution in [3.05, 3.63) is 65.8 Å². The molecule has 23 heavy (non-hydrogen) atoms. The zero-order valence-corrected chi connectivity index (χ0v) is 12.8. The third-order valence-corrected chi connectivity index (χ3v) is 3.60. The maximum absolute atomic E-state index is 12.9. The standard InChI is InChI=1S/C18H15NO4/c1-12-11-19(16-8-4-3-7-14(12)16)17(20)15(18(21)22-2)10-13-6-5-9-23-13/h3-11H,1-2H3/b15-10-. The molecule has 0 aliphatic heterocycles. The van der Waals surface area contributed by atoms with Crippen molar-refractivity contribution in [1.29, 1.82) is 0 Å². The number of carbonyl (C=O) groups is 2. The van der Waals surface area contributed by atoms with Gasteiger partial charge in [-0.05, 0) is 30.7 Å². The predicted molar refractivity (Wildman–Crippen MR) is 86.0 cm³/mol. The summed E-state index contributed by atoms with van der Waals surface area (Å²) in [4.78, 5) is 24.9. The Morgan fingerprint density at radius 1 is 1.17 bits per heavy atom. The predicted octanol–water partition coefficient (Wildman–Crippen LogP) is 3.44. The van der Waals surface area contributed by atoms with Crippen molar-refractivity contribution in [2.45, 2.75) is 6.92 Å². The van der Waals surface area contributed by atoms with E-state index in [1.54, 1.807) is 18.3 Å². The zero-order chi connectivity index (χ0) is 16.4. The van der Waals surface area contributed by atoms with Crippen LogP contribution in [0.3, 0.4) is 0 Å². The number of nitrogens with zero attached hydrogens (tertiary/aromatic N) is 1. The molecule has 0 bridgehead atoms. The van der Waals surface area contributed by atoms with Crippen LogP contribution in [0, 0.1) is 6.92 Å². The summed E-state index contributed by atoms with van der Waals surface area (Å²) in [5.74, 6) is -0.758. The molecule has 0 saturated carbocycles. The molecule has 1 aromatic carbocycles. The quantitative estimate of drug-likeness (QED) is 0.322. The molecule has 0 saturated heterocycles. The van der Waals surface area contributed by atoms with E-state index in [9.17, 15) is 9.59 Å². The van der Waals surface area contributed by atoms with Gasteiger partial charge in [0.1, 0.15) is 11.3 Å². The van der Waals surface area contributed by atoms with Gasteiger partial charge in [-0.1, -0.05) is 18.2 Å². The molecule has 0 atom stereocenters.